The van der Waals surface area contributed by atoms with Crippen molar-refractivity contribution >= 4 is 11.8 Å². The second-order valence-corrected chi connectivity index (χ2v) is 1.79. The van der Waals surface area contributed by atoms with E-state index >= 15 is 0 Å². The molecule has 0 aliphatic rings. The average molecular weight is 129 g/mol. The molecule has 2 amide bonds. The number of hydrogen-bond acceptors (Lipinski definition) is 2. The molecule has 1 radical (unpaired) electrons. The van der Waals surface area contributed by atoms with Gasteiger partial charge >= 0.3 is 0 Å². The van der Waals surface area contributed by atoms with Crippen LogP contribution in [0.15, 0.2) is 0 Å². The molecule has 0 aliphatic carbocycles. The minimum absolute atomic E-state index is 0.0463. The summed E-state index contributed by atoms with van der Waals surface area (Å²) in [5.41, 5.74) is 9.56. The van der Waals surface area contributed by atoms with Crippen LogP contribution in [0.1, 0.15) is 13.3 Å². The van der Waals surface area contributed by atoms with Crippen LogP contribution in [0.25, 0.3) is 0 Å². The molecule has 0 atom stereocenters. The van der Waals surface area contributed by atoms with Gasteiger partial charge in [0.1, 0.15) is 0 Å². The van der Waals surface area contributed by atoms with Crippen molar-refractivity contribution in [2.24, 2.45) is 11.5 Å². The molecule has 0 aromatic heterocycles. The molecule has 4 heteroatoms. The molecule has 0 spiro atoms. The number of nitrogens with two attached hydrogens (primary N) is 2. The lowest BCUT2D eigenvalue weighted by atomic mass is 10.1. The largest absolute Gasteiger partial charge is 0.370 e. The number of hydrogen-bond donors (Lipinski definition) is 2. The molecule has 0 unspecified atom stereocenters. The zero-order chi connectivity index (χ0) is 7.44. The van der Waals surface area contributed by atoms with E-state index in [4.69, 9.17) is 11.5 Å². The van der Waals surface area contributed by atoms with Gasteiger partial charge in [-0.2, -0.15) is 0 Å². The smallest absolute Gasteiger partial charge is 0.224 e. The molecule has 0 rings (SSSR count). The first-order valence-corrected chi connectivity index (χ1v) is 2.44. The van der Waals surface area contributed by atoms with Crippen LogP contribution < -0.4 is 11.5 Å². The van der Waals surface area contributed by atoms with Gasteiger partial charge < -0.3 is 11.5 Å². The lowest BCUT2D eigenvalue weighted by Crippen LogP contribution is -2.24. The van der Waals surface area contributed by atoms with Crippen LogP contribution >= 0.6 is 0 Å². The Hall–Kier alpha value is -1.06. The predicted molar refractivity (Wildman–Crippen MR) is 31.9 cm³/mol. The zero-order valence-corrected chi connectivity index (χ0v) is 5.18. The lowest BCUT2D eigenvalue weighted by Gasteiger charge is -1.99. The van der Waals surface area contributed by atoms with Gasteiger partial charge in [-0.1, -0.05) is 0 Å². The van der Waals surface area contributed by atoms with Crippen LogP contribution in [-0.2, 0) is 9.59 Å². The van der Waals surface area contributed by atoms with E-state index in [1.54, 1.807) is 0 Å². The molecular weight excluding hydrogens is 120 g/mol. The molecule has 0 heterocycles. The van der Waals surface area contributed by atoms with Gasteiger partial charge in [-0.15, -0.1) is 0 Å². The molecule has 4 nitrogen and oxygen atoms in total. The van der Waals surface area contributed by atoms with Crippen LogP contribution in [0.5, 0.6) is 0 Å². The topological polar surface area (TPSA) is 86.2 Å². The second-order valence-electron chi connectivity index (χ2n) is 1.79. The van der Waals surface area contributed by atoms with Crippen LogP contribution in [0.3, 0.4) is 0 Å². The summed E-state index contributed by atoms with van der Waals surface area (Å²) in [7, 11) is 0. The fourth-order valence-electron chi connectivity index (χ4n) is 0.348. The maximum absolute atomic E-state index is 10.2. The van der Waals surface area contributed by atoms with E-state index in [-0.39, 0.29) is 6.42 Å². The van der Waals surface area contributed by atoms with E-state index in [9.17, 15) is 9.59 Å². The Balaban J connectivity index is 3.63. The third-order valence-electron chi connectivity index (χ3n) is 0.860. The zero-order valence-electron chi connectivity index (χ0n) is 5.18. The van der Waals surface area contributed by atoms with Crippen molar-refractivity contribution in [3.63, 3.8) is 0 Å². The SMILES string of the molecule is C[C](CC(N)=O)C(N)=O. The molecule has 9 heavy (non-hydrogen) atoms. The third kappa shape index (κ3) is 3.52. The van der Waals surface area contributed by atoms with Gasteiger partial charge in [0, 0.05) is 6.42 Å². The normalized spacial score (nSPS) is 9.56. The van der Waals surface area contributed by atoms with Crippen molar-refractivity contribution in [2.45, 2.75) is 13.3 Å². The summed E-state index contributed by atoms with van der Waals surface area (Å²) in [5, 5.41) is 0. The van der Waals surface area contributed by atoms with Crippen LogP contribution in [0.2, 0.25) is 0 Å². The van der Waals surface area contributed by atoms with E-state index in [2.05, 4.69) is 0 Å². The van der Waals surface area contributed by atoms with E-state index in [0.29, 0.717) is 5.92 Å². The highest BCUT2D eigenvalue weighted by Gasteiger charge is 2.11. The van der Waals surface area contributed by atoms with E-state index in [1.165, 1.54) is 6.92 Å². The quantitative estimate of drug-likeness (QED) is 0.509. The fraction of sp³-hybridized carbons (Fsp3) is 0.400. The molecule has 0 aromatic rings. The van der Waals surface area contributed by atoms with E-state index in [1.807, 2.05) is 0 Å². The maximum atomic E-state index is 10.2. The van der Waals surface area contributed by atoms with Crippen molar-refractivity contribution < 1.29 is 9.59 Å². The highest BCUT2D eigenvalue weighted by Crippen LogP contribution is 2.00. The number of carbonyl (C=O) groups excluding carboxylic acids is 2. The lowest BCUT2D eigenvalue weighted by molar-refractivity contribution is -0.121. The summed E-state index contributed by atoms with van der Waals surface area (Å²) in [6.07, 6.45) is -0.0463. The summed E-state index contributed by atoms with van der Waals surface area (Å²) >= 11 is 0. The number of primary amides is 2. The van der Waals surface area contributed by atoms with Gasteiger partial charge in [-0.25, -0.2) is 0 Å². The first kappa shape index (κ1) is 7.94. The first-order chi connectivity index (χ1) is 4.04. The molecule has 0 aliphatic heterocycles. The van der Waals surface area contributed by atoms with E-state index < -0.39 is 11.8 Å². The van der Waals surface area contributed by atoms with Crippen molar-refractivity contribution in [1.29, 1.82) is 0 Å². The van der Waals surface area contributed by atoms with Crippen molar-refractivity contribution in [3.8, 4) is 0 Å². The molecule has 0 bridgehead atoms. The first-order valence-electron chi connectivity index (χ1n) is 2.44. The Morgan fingerprint density at radius 3 is 1.89 bits per heavy atom. The monoisotopic (exact) mass is 129 g/mol. The standard InChI is InChI=1S/C5H9N2O2/c1-3(5(7)9)2-4(6)8/h2H2,1H3,(H2,6,8)(H2,7,9). The number of rotatable bonds is 3. The molecular formula is C5H9N2O2. The molecule has 51 valence electrons. The van der Waals surface area contributed by atoms with Crippen molar-refractivity contribution in [3.05, 3.63) is 5.92 Å². The van der Waals surface area contributed by atoms with Gasteiger partial charge in [0.25, 0.3) is 0 Å². The van der Waals surface area contributed by atoms with Gasteiger partial charge in [-0.3, -0.25) is 9.59 Å². The molecule has 4 N–H and O–H groups in total. The minimum Gasteiger partial charge on any atom is -0.370 e. The Kier molecular flexibility index (Phi) is 2.70. The maximum Gasteiger partial charge on any atom is 0.224 e. The Morgan fingerprint density at radius 2 is 1.78 bits per heavy atom. The average Bonchev–Trinajstić information content (AvgIpc) is 1.63. The van der Waals surface area contributed by atoms with Crippen LogP contribution in [0.4, 0.5) is 0 Å². The molecule has 0 fully saturated rings. The number of carbonyl (C=O) groups is 2. The second kappa shape index (κ2) is 3.06. The third-order valence-corrected chi connectivity index (χ3v) is 0.860. The Morgan fingerprint density at radius 1 is 1.33 bits per heavy atom. The fourth-order valence-corrected chi connectivity index (χ4v) is 0.348. The molecule has 0 saturated heterocycles. The summed E-state index contributed by atoms with van der Waals surface area (Å²) in [6.45, 7) is 1.48. The van der Waals surface area contributed by atoms with Crippen molar-refractivity contribution in [2.75, 3.05) is 0 Å². The molecule has 0 saturated carbocycles. The van der Waals surface area contributed by atoms with Gasteiger partial charge in [0.05, 0.1) is 5.92 Å². The predicted octanol–water partition coefficient (Wildman–Crippen LogP) is -1.06. The van der Waals surface area contributed by atoms with Gasteiger partial charge in [0.2, 0.25) is 11.8 Å². The van der Waals surface area contributed by atoms with Gasteiger partial charge in [0.15, 0.2) is 0 Å². The molecule has 0 aromatic carbocycles. The minimum atomic E-state index is -0.575. The Labute approximate surface area is 53.2 Å². The van der Waals surface area contributed by atoms with Crippen LogP contribution in [-0.4, -0.2) is 11.8 Å². The summed E-state index contributed by atoms with van der Waals surface area (Å²) in [4.78, 5) is 20.3. The highest BCUT2D eigenvalue weighted by atomic mass is 16.2. The summed E-state index contributed by atoms with van der Waals surface area (Å²) in [5.74, 6) is -0.817. The van der Waals surface area contributed by atoms with Crippen molar-refractivity contribution in [1.82, 2.24) is 0 Å². The summed E-state index contributed by atoms with van der Waals surface area (Å²) < 4.78 is 0. The number of amides is 2. The highest BCUT2D eigenvalue weighted by molar-refractivity contribution is 5.93. The van der Waals surface area contributed by atoms with E-state index in [0.717, 1.165) is 0 Å². The summed E-state index contributed by atoms with van der Waals surface area (Å²) in [6, 6.07) is 0. The van der Waals surface area contributed by atoms with Crippen LogP contribution in [0, 0.1) is 5.92 Å². The van der Waals surface area contributed by atoms with Gasteiger partial charge in [-0.05, 0) is 6.92 Å². The Bertz CT molecular complexity index is 133.